The van der Waals surface area contributed by atoms with Crippen molar-refractivity contribution in [3.63, 3.8) is 0 Å². The van der Waals surface area contributed by atoms with E-state index in [-0.39, 0.29) is 30.0 Å². The van der Waals surface area contributed by atoms with Gasteiger partial charge in [0.1, 0.15) is 5.76 Å². The lowest BCUT2D eigenvalue weighted by molar-refractivity contribution is 0.129. The maximum absolute atomic E-state index is 12.5. The van der Waals surface area contributed by atoms with Crippen molar-refractivity contribution in [2.45, 2.75) is 53.0 Å². The Labute approximate surface area is 161 Å². The van der Waals surface area contributed by atoms with E-state index in [1.54, 1.807) is 0 Å². The van der Waals surface area contributed by atoms with Crippen molar-refractivity contribution in [3.8, 4) is 0 Å². The van der Waals surface area contributed by atoms with Crippen LogP contribution in [0.2, 0.25) is 0 Å². The molecule has 0 fully saturated rings. The van der Waals surface area contributed by atoms with Crippen molar-refractivity contribution >= 4 is 6.03 Å². The van der Waals surface area contributed by atoms with E-state index < -0.39 is 0 Å². The first-order valence-electron chi connectivity index (χ1n) is 9.43. The highest BCUT2D eigenvalue weighted by atomic mass is 16.5. The summed E-state index contributed by atoms with van der Waals surface area (Å²) in [7, 11) is 0. The van der Waals surface area contributed by atoms with Crippen LogP contribution in [-0.2, 0) is 0 Å². The third-order valence-corrected chi connectivity index (χ3v) is 5.17. The van der Waals surface area contributed by atoms with Crippen LogP contribution in [0.4, 0.5) is 4.79 Å². The molecule has 6 nitrogen and oxygen atoms in total. The van der Waals surface area contributed by atoms with E-state index >= 15 is 0 Å². The average Bonchev–Trinajstić information content (AvgIpc) is 2.99. The number of rotatable bonds is 8. The van der Waals surface area contributed by atoms with E-state index in [4.69, 9.17) is 4.52 Å². The zero-order valence-corrected chi connectivity index (χ0v) is 16.9. The average molecular weight is 373 g/mol. The van der Waals surface area contributed by atoms with E-state index in [1.165, 1.54) is 0 Å². The molecule has 2 atom stereocenters. The number of nitrogens with one attached hydrogen (secondary N) is 2. The van der Waals surface area contributed by atoms with Crippen LogP contribution in [0, 0.1) is 19.3 Å². The number of amides is 2. The van der Waals surface area contributed by atoms with Crippen molar-refractivity contribution in [2.24, 2.45) is 5.41 Å². The summed E-state index contributed by atoms with van der Waals surface area (Å²) >= 11 is 0. The van der Waals surface area contributed by atoms with Crippen molar-refractivity contribution in [1.29, 1.82) is 0 Å². The molecular weight excluding hydrogens is 342 g/mol. The van der Waals surface area contributed by atoms with Crippen molar-refractivity contribution in [3.05, 3.63) is 52.9 Å². The number of urea groups is 1. The van der Waals surface area contributed by atoms with Gasteiger partial charge in [0, 0.05) is 24.6 Å². The topological polar surface area (TPSA) is 87.4 Å². The maximum atomic E-state index is 12.5. The van der Waals surface area contributed by atoms with E-state index in [1.807, 2.05) is 65.0 Å². The fraction of sp³-hybridized carbons (Fsp3) is 0.524. The van der Waals surface area contributed by atoms with E-state index in [0.717, 1.165) is 29.0 Å². The Kier molecular flexibility index (Phi) is 7.02. The largest absolute Gasteiger partial charge is 0.396 e. The summed E-state index contributed by atoms with van der Waals surface area (Å²) in [5.74, 6) is 0.719. The molecule has 0 aliphatic heterocycles. The van der Waals surface area contributed by atoms with Crippen molar-refractivity contribution in [1.82, 2.24) is 15.8 Å². The lowest BCUT2D eigenvalue weighted by Crippen LogP contribution is -2.42. The molecule has 3 N–H and O–H groups in total. The molecule has 0 radical (unpaired) electrons. The minimum atomic E-state index is -0.361. The number of benzene rings is 1. The molecule has 1 heterocycles. The van der Waals surface area contributed by atoms with Crippen LogP contribution in [0.25, 0.3) is 0 Å². The summed E-state index contributed by atoms with van der Waals surface area (Å²) in [4.78, 5) is 12.5. The number of carbonyl (C=O) groups is 1. The van der Waals surface area contributed by atoms with Crippen LogP contribution in [-0.4, -0.2) is 29.4 Å². The number of hydrogen-bond donors (Lipinski definition) is 3. The highest BCUT2D eigenvalue weighted by Gasteiger charge is 2.31. The SMILES string of the molecule is CCC(NC(=O)NCC(c1ccccc1)C(C)(C)CO)c1c(C)noc1C. The number of aryl methyl sites for hydroxylation is 2. The van der Waals surface area contributed by atoms with Crippen LogP contribution in [0.3, 0.4) is 0 Å². The van der Waals surface area contributed by atoms with Gasteiger partial charge in [0.15, 0.2) is 0 Å². The summed E-state index contributed by atoms with van der Waals surface area (Å²) < 4.78 is 5.23. The summed E-state index contributed by atoms with van der Waals surface area (Å²) in [6.07, 6.45) is 0.737. The van der Waals surface area contributed by atoms with Gasteiger partial charge < -0.3 is 20.3 Å². The first kappa shape index (κ1) is 21.0. The van der Waals surface area contributed by atoms with E-state index in [9.17, 15) is 9.90 Å². The van der Waals surface area contributed by atoms with Gasteiger partial charge in [-0.15, -0.1) is 0 Å². The predicted molar refractivity (Wildman–Crippen MR) is 106 cm³/mol. The van der Waals surface area contributed by atoms with E-state index in [2.05, 4.69) is 15.8 Å². The second-order valence-corrected chi connectivity index (χ2v) is 7.66. The first-order valence-corrected chi connectivity index (χ1v) is 9.43. The van der Waals surface area contributed by atoms with Gasteiger partial charge >= 0.3 is 6.03 Å². The Balaban J connectivity index is 2.07. The molecule has 2 amide bonds. The molecule has 148 valence electrons. The molecule has 1 aromatic carbocycles. The first-order chi connectivity index (χ1) is 12.8. The fourth-order valence-corrected chi connectivity index (χ4v) is 3.41. The number of carbonyl (C=O) groups excluding carboxylic acids is 1. The molecule has 0 spiro atoms. The maximum Gasteiger partial charge on any atom is 0.315 e. The van der Waals surface area contributed by atoms with Crippen LogP contribution >= 0.6 is 0 Å². The Morgan fingerprint density at radius 3 is 2.44 bits per heavy atom. The Morgan fingerprint density at radius 2 is 1.93 bits per heavy atom. The van der Waals surface area contributed by atoms with Crippen molar-refractivity contribution < 1.29 is 14.4 Å². The highest BCUT2D eigenvalue weighted by molar-refractivity contribution is 5.74. The van der Waals surface area contributed by atoms with Gasteiger partial charge in [-0.3, -0.25) is 0 Å². The van der Waals surface area contributed by atoms with Gasteiger partial charge in [-0.05, 0) is 31.2 Å². The predicted octanol–water partition coefficient (Wildman–Crippen LogP) is 3.84. The normalized spacial score (nSPS) is 13.9. The third kappa shape index (κ3) is 5.10. The van der Waals surface area contributed by atoms with Gasteiger partial charge in [0.25, 0.3) is 0 Å². The molecule has 2 aromatic rings. The minimum absolute atomic E-state index is 0.00593. The summed E-state index contributed by atoms with van der Waals surface area (Å²) in [5.41, 5.74) is 2.46. The monoisotopic (exact) mass is 373 g/mol. The third-order valence-electron chi connectivity index (χ3n) is 5.17. The Morgan fingerprint density at radius 1 is 1.26 bits per heavy atom. The van der Waals surface area contributed by atoms with Gasteiger partial charge in [-0.1, -0.05) is 56.3 Å². The lowest BCUT2D eigenvalue weighted by Gasteiger charge is -2.33. The van der Waals surface area contributed by atoms with E-state index in [0.29, 0.717) is 6.54 Å². The number of nitrogens with zero attached hydrogens (tertiary/aromatic N) is 1. The van der Waals surface area contributed by atoms with Gasteiger partial charge in [-0.25, -0.2) is 4.79 Å². The molecular formula is C21H31N3O3. The van der Waals surface area contributed by atoms with Crippen LogP contribution in [0.15, 0.2) is 34.9 Å². The second kappa shape index (κ2) is 9.04. The fourth-order valence-electron chi connectivity index (χ4n) is 3.41. The highest BCUT2D eigenvalue weighted by Crippen LogP contribution is 2.34. The number of hydrogen-bond acceptors (Lipinski definition) is 4. The quantitative estimate of drug-likeness (QED) is 0.656. The summed E-state index contributed by atoms with van der Waals surface area (Å²) in [6, 6.07) is 9.57. The van der Waals surface area contributed by atoms with Gasteiger partial charge in [-0.2, -0.15) is 0 Å². The van der Waals surface area contributed by atoms with Gasteiger partial charge in [0.2, 0.25) is 0 Å². The van der Waals surface area contributed by atoms with Crippen LogP contribution in [0.1, 0.15) is 61.7 Å². The molecule has 6 heteroatoms. The minimum Gasteiger partial charge on any atom is -0.396 e. The smallest absolute Gasteiger partial charge is 0.315 e. The number of aromatic nitrogens is 1. The molecule has 2 rings (SSSR count). The molecule has 27 heavy (non-hydrogen) atoms. The second-order valence-electron chi connectivity index (χ2n) is 7.66. The summed E-state index contributed by atoms with van der Waals surface area (Å²) in [5, 5.41) is 19.8. The number of aliphatic hydroxyl groups is 1. The molecule has 1 aromatic heterocycles. The molecule has 0 aliphatic carbocycles. The molecule has 2 unspecified atom stereocenters. The molecule has 0 saturated heterocycles. The van der Waals surface area contributed by atoms with Gasteiger partial charge in [0.05, 0.1) is 11.7 Å². The zero-order chi connectivity index (χ0) is 20.0. The standard InChI is InChI=1S/C21H31N3O3/c1-6-18(19-14(2)24-27-15(19)3)23-20(26)22-12-17(21(4,5)13-25)16-10-8-7-9-11-16/h7-11,17-18,25H,6,12-13H2,1-5H3,(H2,22,23,26). The Bertz CT molecular complexity index is 721. The van der Waals surface area contributed by atoms with Crippen molar-refractivity contribution in [2.75, 3.05) is 13.2 Å². The lowest BCUT2D eigenvalue weighted by atomic mass is 9.75. The Hall–Kier alpha value is -2.34. The van der Waals surface area contributed by atoms with Crippen LogP contribution in [0.5, 0.6) is 0 Å². The molecule has 0 aliphatic rings. The number of aliphatic hydroxyl groups excluding tert-OH is 1. The molecule has 0 saturated carbocycles. The zero-order valence-electron chi connectivity index (χ0n) is 16.9. The molecule has 0 bridgehead atoms. The van der Waals surface area contributed by atoms with Crippen LogP contribution < -0.4 is 10.6 Å². The summed E-state index contributed by atoms with van der Waals surface area (Å²) in [6.45, 7) is 10.2.